The molecule has 202 valence electrons. The van der Waals surface area contributed by atoms with Gasteiger partial charge in [-0.25, -0.2) is 14.4 Å². The van der Waals surface area contributed by atoms with E-state index in [0.717, 1.165) is 37.0 Å². The molecule has 1 aromatic carbocycles. The van der Waals surface area contributed by atoms with E-state index in [4.69, 9.17) is 4.98 Å². The first-order valence-electron chi connectivity index (χ1n) is 13.1. The Bertz CT molecular complexity index is 1340. The Morgan fingerprint density at radius 3 is 2.42 bits per heavy atom. The van der Waals surface area contributed by atoms with Crippen LogP contribution in [0.5, 0.6) is 0 Å². The molecule has 0 unspecified atom stereocenters. The number of aromatic nitrogens is 3. The molecule has 1 aliphatic carbocycles. The fourth-order valence-electron chi connectivity index (χ4n) is 5.26. The maximum absolute atomic E-state index is 13.4. The standard InChI is InChI=1S/C27H33FN6O3S/c1-17(2)30-25(35)19-5-9-21(10-6-19)34-23-15-24(33-11-13-38(37)14-12-33)29-16-22(23)31-27(34)32-26(36)18-3-7-20(28)8-4-18/h3-4,7-8,15-17,19,21H,5-6,9-14H2,1-2H3,(H,30,35)(H,31,32,36). The molecule has 11 heteroatoms. The number of nitrogens with zero attached hydrogens (tertiary/aromatic N) is 4. The summed E-state index contributed by atoms with van der Waals surface area (Å²) in [5.41, 5.74) is 1.84. The smallest absolute Gasteiger partial charge is 0.257 e. The third kappa shape index (κ3) is 5.72. The maximum Gasteiger partial charge on any atom is 0.257 e. The van der Waals surface area contributed by atoms with E-state index in [2.05, 4.69) is 25.1 Å². The zero-order valence-corrected chi connectivity index (χ0v) is 22.5. The molecule has 5 rings (SSSR count). The summed E-state index contributed by atoms with van der Waals surface area (Å²) in [5, 5.41) is 5.95. The third-order valence-corrected chi connectivity index (χ3v) is 8.53. The molecule has 2 amide bonds. The molecule has 38 heavy (non-hydrogen) atoms. The predicted molar refractivity (Wildman–Crippen MR) is 146 cm³/mol. The van der Waals surface area contributed by atoms with Crippen LogP contribution in [0, 0.1) is 11.7 Å². The molecule has 0 atom stereocenters. The molecule has 2 aliphatic rings. The number of amides is 2. The van der Waals surface area contributed by atoms with Crippen molar-refractivity contribution in [1.82, 2.24) is 19.9 Å². The predicted octanol–water partition coefficient (Wildman–Crippen LogP) is 3.65. The minimum absolute atomic E-state index is 0.0351. The molecule has 2 N–H and O–H groups in total. The van der Waals surface area contributed by atoms with Crippen molar-refractivity contribution in [1.29, 1.82) is 0 Å². The van der Waals surface area contributed by atoms with Gasteiger partial charge in [0.15, 0.2) is 0 Å². The van der Waals surface area contributed by atoms with E-state index in [1.165, 1.54) is 24.3 Å². The lowest BCUT2D eigenvalue weighted by atomic mass is 9.85. The van der Waals surface area contributed by atoms with Crippen LogP contribution >= 0.6 is 0 Å². The second kappa shape index (κ2) is 11.2. The first-order chi connectivity index (χ1) is 18.3. The van der Waals surface area contributed by atoms with E-state index >= 15 is 0 Å². The molecule has 0 bridgehead atoms. The Morgan fingerprint density at radius 1 is 1.08 bits per heavy atom. The van der Waals surface area contributed by atoms with Gasteiger partial charge in [0.25, 0.3) is 5.91 Å². The first kappa shape index (κ1) is 26.3. The highest BCUT2D eigenvalue weighted by Crippen LogP contribution is 2.37. The normalized spacial score (nSPS) is 20.6. The summed E-state index contributed by atoms with van der Waals surface area (Å²) in [6.45, 7) is 5.26. The lowest BCUT2D eigenvalue weighted by molar-refractivity contribution is -0.126. The van der Waals surface area contributed by atoms with E-state index in [-0.39, 0.29) is 29.8 Å². The topological polar surface area (TPSA) is 109 Å². The average molecular weight is 541 g/mol. The summed E-state index contributed by atoms with van der Waals surface area (Å²) >= 11 is 0. The van der Waals surface area contributed by atoms with Crippen LogP contribution in [-0.4, -0.2) is 61.2 Å². The quantitative estimate of drug-likeness (QED) is 0.494. The van der Waals surface area contributed by atoms with Crippen molar-refractivity contribution in [3.05, 3.63) is 47.9 Å². The van der Waals surface area contributed by atoms with Gasteiger partial charge < -0.3 is 14.8 Å². The zero-order chi connectivity index (χ0) is 26.8. The van der Waals surface area contributed by atoms with Crippen molar-refractivity contribution in [2.45, 2.75) is 51.6 Å². The maximum atomic E-state index is 13.4. The number of halogens is 1. The van der Waals surface area contributed by atoms with Crippen molar-refractivity contribution < 1.29 is 18.2 Å². The van der Waals surface area contributed by atoms with Crippen molar-refractivity contribution in [3.8, 4) is 0 Å². The van der Waals surface area contributed by atoms with Crippen molar-refractivity contribution in [2.24, 2.45) is 5.92 Å². The third-order valence-electron chi connectivity index (χ3n) is 7.26. The molecule has 2 fully saturated rings. The summed E-state index contributed by atoms with van der Waals surface area (Å²) in [5.74, 6) is 1.69. The molecule has 3 aromatic rings. The number of pyridine rings is 1. The number of rotatable bonds is 6. The lowest BCUT2D eigenvalue weighted by Gasteiger charge is -2.31. The van der Waals surface area contributed by atoms with E-state index < -0.39 is 16.6 Å². The van der Waals surface area contributed by atoms with E-state index in [1.807, 2.05) is 19.9 Å². The molecule has 1 saturated heterocycles. The Morgan fingerprint density at radius 2 is 1.76 bits per heavy atom. The van der Waals surface area contributed by atoms with E-state index in [9.17, 15) is 18.2 Å². The molecular weight excluding hydrogens is 507 g/mol. The highest BCUT2D eigenvalue weighted by atomic mass is 32.2. The summed E-state index contributed by atoms with van der Waals surface area (Å²) in [6.07, 6.45) is 4.72. The number of benzene rings is 1. The molecule has 1 aliphatic heterocycles. The van der Waals surface area contributed by atoms with Crippen molar-refractivity contribution in [3.63, 3.8) is 0 Å². The average Bonchev–Trinajstić information content (AvgIpc) is 3.26. The second-order valence-corrected chi connectivity index (χ2v) is 12.0. The van der Waals surface area contributed by atoms with Crippen molar-refractivity contribution in [2.75, 3.05) is 34.8 Å². The fraction of sp³-hybridized carbons (Fsp3) is 0.481. The molecule has 3 heterocycles. The van der Waals surface area contributed by atoms with Gasteiger partial charge in [0.2, 0.25) is 11.9 Å². The number of carbonyl (C=O) groups is 2. The van der Waals surface area contributed by atoms with Crippen molar-refractivity contribution >= 4 is 45.4 Å². The fourth-order valence-corrected chi connectivity index (χ4v) is 6.31. The van der Waals surface area contributed by atoms with Gasteiger partial charge in [-0.15, -0.1) is 0 Å². The van der Waals surface area contributed by atoms with Crippen LogP contribution in [-0.2, 0) is 15.6 Å². The minimum Gasteiger partial charge on any atom is -0.355 e. The van der Waals surface area contributed by atoms with Crippen LogP contribution in [0.1, 0.15) is 55.9 Å². The van der Waals surface area contributed by atoms with Gasteiger partial charge in [-0.1, -0.05) is 0 Å². The van der Waals surface area contributed by atoms with Crippen LogP contribution in [0.25, 0.3) is 11.0 Å². The molecule has 1 saturated carbocycles. The highest BCUT2D eigenvalue weighted by Gasteiger charge is 2.30. The van der Waals surface area contributed by atoms with Gasteiger partial charge in [0, 0.05) is 65.0 Å². The van der Waals surface area contributed by atoms with Gasteiger partial charge in [0.1, 0.15) is 17.2 Å². The number of nitrogens with one attached hydrogen (secondary N) is 2. The monoisotopic (exact) mass is 540 g/mol. The molecule has 0 radical (unpaired) electrons. The van der Waals surface area contributed by atoms with Gasteiger partial charge in [0.05, 0.1) is 11.7 Å². The van der Waals surface area contributed by atoms with Gasteiger partial charge in [-0.05, 0) is 63.8 Å². The number of anilines is 2. The first-order valence-corrected chi connectivity index (χ1v) is 14.6. The number of fused-ring (bicyclic) bond motifs is 1. The zero-order valence-electron chi connectivity index (χ0n) is 21.7. The largest absolute Gasteiger partial charge is 0.355 e. The summed E-state index contributed by atoms with van der Waals surface area (Å²) < 4.78 is 27.3. The Labute approximate surface area is 223 Å². The molecular formula is C27H33FN6O3S. The van der Waals surface area contributed by atoms with Crippen LogP contribution in [0.3, 0.4) is 0 Å². The summed E-state index contributed by atoms with van der Waals surface area (Å²) in [6, 6.07) is 7.51. The van der Waals surface area contributed by atoms with Gasteiger partial charge in [-0.3, -0.25) is 19.1 Å². The van der Waals surface area contributed by atoms with Crippen LogP contribution in [0.4, 0.5) is 16.2 Å². The lowest BCUT2D eigenvalue weighted by Crippen LogP contribution is -2.38. The number of carbonyl (C=O) groups excluding carboxylic acids is 2. The minimum atomic E-state index is -0.794. The van der Waals surface area contributed by atoms with Crippen LogP contribution < -0.4 is 15.5 Å². The van der Waals surface area contributed by atoms with Gasteiger partial charge >= 0.3 is 0 Å². The van der Waals surface area contributed by atoms with E-state index in [0.29, 0.717) is 41.6 Å². The molecule has 0 spiro atoms. The van der Waals surface area contributed by atoms with Gasteiger partial charge in [-0.2, -0.15) is 0 Å². The summed E-state index contributed by atoms with van der Waals surface area (Å²) in [7, 11) is -0.794. The van der Waals surface area contributed by atoms with E-state index in [1.54, 1.807) is 6.20 Å². The summed E-state index contributed by atoms with van der Waals surface area (Å²) in [4.78, 5) is 37.1. The SMILES string of the molecule is CC(C)NC(=O)C1CCC(n2c(NC(=O)c3ccc(F)cc3)nc3cnc(N4CCS(=O)CC4)cc32)CC1. The Hall–Kier alpha value is -3.34. The second-order valence-electron chi connectivity index (χ2n) is 10.3. The molecule has 2 aromatic heterocycles. The van der Waals surface area contributed by atoms with Crippen LogP contribution in [0.15, 0.2) is 36.5 Å². The number of hydrogen-bond acceptors (Lipinski definition) is 6. The highest BCUT2D eigenvalue weighted by molar-refractivity contribution is 7.85. The number of imidazole rings is 1. The Balaban J connectivity index is 1.45. The number of hydrogen-bond donors (Lipinski definition) is 2. The Kier molecular flexibility index (Phi) is 7.73. The molecule has 9 nitrogen and oxygen atoms in total. The van der Waals surface area contributed by atoms with Crippen LogP contribution in [0.2, 0.25) is 0 Å².